The molecule has 2 rings (SSSR count). The van der Waals surface area contributed by atoms with Gasteiger partial charge in [0.15, 0.2) is 0 Å². The Morgan fingerprint density at radius 2 is 1.67 bits per heavy atom. The number of rotatable bonds is 7. The molecule has 0 aliphatic carbocycles. The van der Waals surface area contributed by atoms with Crippen LogP contribution < -0.4 is 5.69 Å². The molecule has 30 heavy (non-hydrogen) atoms. The maximum Gasteiger partial charge on any atom is 0.347 e. The lowest BCUT2D eigenvalue weighted by Crippen LogP contribution is -2.45. The van der Waals surface area contributed by atoms with Gasteiger partial charge < -0.3 is 14.2 Å². The van der Waals surface area contributed by atoms with Gasteiger partial charge >= 0.3 is 5.69 Å². The van der Waals surface area contributed by atoms with E-state index in [1.807, 2.05) is 19.0 Å². The van der Waals surface area contributed by atoms with E-state index in [1.165, 1.54) is 10.8 Å². The fourth-order valence-electron chi connectivity index (χ4n) is 2.48. The summed E-state index contributed by atoms with van der Waals surface area (Å²) in [6.45, 7) is 18.4. The highest BCUT2D eigenvalue weighted by atomic mass is 35.5. The number of halogens is 1. The zero-order valence-electron chi connectivity index (χ0n) is 20.1. The molecule has 0 atom stereocenters. The predicted octanol–water partition coefficient (Wildman–Crippen LogP) is 3.89. The van der Waals surface area contributed by atoms with Gasteiger partial charge in [0.2, 0.25) is 6.41 Å². The van der Waals surface area contributed by atoms with Gasteiger partial charge in [-0.25, -0.2) is 9.78 Å². The Labute approximate surface area is 186 Å². The predicted molar refractivity (Wildman–Crippen MR) is 121 cm³/mol. The lowest BCUT2D eigenvalue weighted by Gasteiger charge is -2.38. The van der Waals surface area contributed by atoms with Crippen LogP contribution in [0.15, 0.2) is 17.2 Å². The normalized spacial score (nSPS) is 16.3. The fraction of sp³-hybridized carbons (Fsp3) is 0.818. The van der Waals surface area contributed by atoms with Gasteiger partial charge in [0.1, 0.15) is 0 Å². The third-order valence-electron chi connectivity index (χ3n) is 4.02. The van der Waals surface area contributed by atoms with Crippen molar-refractivity contribution in [3.63, 3.8) is 0 Å². The molecule has 0 bridgehead atoms. The molecule has 0 unspecified atom stereocenters. The van der Waals surface area contributed by atoms with Gasteiger partial charge in [-0.2, -0.15) is 0 Å². The van der Waals surface area contributed by atoms with Gasteiger partial charge in [-0.1, -0.05) is 60.1 Å². The van der Waals surface area contributed by atoms with E-state index in [4.69, 9.17) is 25.8 Å². The first-order valence-electron chi connectivity index (χ1n) is 10.3. The largest absolute Gasteiger partial charge is 0.380 e. The van der Waals surface area contributed by atoms with Crippen molar-refractivity contribution in [2.75, 3.05) is 40.5 Å². The van der Waals surface area contributed by atoms with Crippen molar-refractivity contribution in [3.8, 4) is 0 Å². The number of hydrogen-bond acceptors (Lipinski definition) is 6. The molecule has 0 spiro atoms. The van der Waals surface area contributed by atoms with Gasteiger partial charge in [-0.3, -0.25) is 9.47 Å². The van der Waals surface area contributed by atoms with Crippen molar-refractivity contribution >= 4 is 11.6 Å². The molecule has 174 valence electrons. The Morgan fingerprint density at radius 3 is 2.03 bits per heavy atom. The smallest absolute Gasteiger partial charge is 0.347 e. The van der Waals surface area contributed by atoms with Crippen LogP contribution in [-0.4, -0.2) is 61.4 Å². The molecule has 1 saturated heterocycles. The maximum atomic E-state index is 11.3. The molecule has 0 amide bonds. The summed E-state index contributed by atoms with van der Waals surface area (Å²) < 4.78 is 18.2. The van der Waals surface area contributed by atoms with E-state index in [0.717, 1.165) is 0 Å². The zero-order valence-corrected chi connectivity index (χ0v) is 20.9. The summed E-state index contributed by atoms with van der Waals surface area (Å²) in [5, 5.41) is 0.480. The van der Waals surface area contributed by atoms with Crippen LogP contribution >= 0.6 is 11.6 Å². The second kappa shape index (κ2) is 11.0. The van der Waals surface area contributed by atoms with Crippen LogP contribution in [-0.2, 0) is 20.8 Å². The average Bonchev–Trinajstić information content (AvgIpc) is 2.55. The second-order valence-corrected chi connectivity index (χ2v) is 11.4. The minimum absolute atomic E-state index is 0.0518. The van der Waals surface area contributed by atoms with Gasteiger partial charge in [0.05, 0.1) is 37.6 Å². The monoisotopic (exact) mass is 445 g/mol. The minimum Gasteiger partial charge on any atom is -0.380 e. The number of aromatic nitrogens is 2. The lowest BCUT2D eigenvalue weighted by atomic mass is 9.89. The van der Waals surface area contributed by atoms with E-state index in [9.17, 15) is 4.79 Å². The molecule has 1 aromatic heterocycles. The highest BCUT2D eigenvalue weighted by Crippen LogP contribution is 2.28. The Bertz CT molecular complexity index is 686. The fourth-order valence-corrected chi connectivity index (χ4v) is 2.65. The molecule has 1 aliphatic rings. The highest BCUT2D eigenvalue weighted by molar-refractivity contribution is 6.30. The first kappa shape index (κ1) is 27.0. The Morgan fingerprint density at radius 1 is 1.17 bits per heavy atom. The van der Waals surface area contributed by atoms with Crippen LogP contribution in [0.3, 0.4) is 0 Å². The molecule has 1 aliphatic heterocycles. The molecule has 1 aromatic rings. The van der Waals surface area contributed by atoms with Gasteiger partial charge in [0.25, 0.3) is 0 Å². The summed E-state index contributed by atoms with van der Waals surface area (Å²) in [7, 11) is 3.94. The Kier molecular flexibility index (Phi) is 9.96. The summed E-state index contributed by atoms with van der Waals surface area (Å²) in [5.74, 6) is 0. The molecular formula is C22H40ClN3O4. The van der Waals surface area contributed by atoms with Gasteiger partial charge in [0, 0.05) is 18.2 Å². The van der Waals surface area contributed by atoms with Crippen molar-refractivity contribution < 1.29 is 14.2 Å². The van der Waals surface area contributed by atoms with E-state index in [1.54, 1.807) is 6.20 Å². The molecule has 0 saturated carbocycles. The van der Waals surface area contributed by atoms with E-state index < -0.39 is 0 Å². The SMILES string of the molecule is CC1(Cn2cc(Cl)cnc2=O)COC1.CN(C)C(OCC(C)(C)C)OCC(C)(C)C. The zero-order chi connectivity index (χ0) is 23.2. The number of ether oxygens (including phenoxy) is 3. The summed E-state index contributed by atoms with van der Waals surface area (Å²) in [6.07, 6.45) is 2.72. The maximum absolute atomic E-state index is 11.3. The Balaban J connectivity index is 0.000000301. The first-order chi connectivity index (χ1) is 13.6. The van der Waals surface area contributed by atoms with Crippen LogP contribution in [0.5, 0.6) is 0 Å². The van der Waals surface area contributed by atoms with Crippen LogP contribution in [0.2, 0.25) is 5.02 Å². The molecule has 8 heteroatoms. The van der Waals surface area contributed by atoms with E-state index >= 15 is 0 Å². The van der Waals surface area contributed by atoms with Crippen molar-refractivity contribution in [1.29, 1.82) is 0 Å². The van der Waals surface area contributed by atoms with E-state index in [-0.39, 0.29) is 28.3 Å². The standard InChI is InChI=1S/C13H29NO2.C9H11ClN2O2/c1-12(2,3)9-15-11(14(7)8)16-10-13(4,5)6;1-9(5-14-6-9)4-12-3-7(10)2-11-8(12)13/h11H,9-10H2,1-8H3;2-3H,4-6H2,1H3. The molecule has 0 N–H and O–H groups in total. The topological polar surface area (TPSA) is 65.8 Å². The number of nitrogens with zero attached hydrogens (tertiary/aromatic N) is 3. The molecule has 0 aromatic carbocycles. The summed E-state index contributed by atoms with van der Waals surface area (Å²) in [6, 6.07) is 0. The minimum atomic E-state index is -0.262. The van der Waals surface area contributed by atoms with Crippen molar-refractivity contribution in [2.45, 2.75) is 61.4 Å². The third-order valence-corrected chi connectivity index (χ3v) is 4.21. The summed E-state index contributed by atoms with van der Waals surface area (Å²) in [5.41, 5.74) is 0.122. The van der Waals surface area contributed by atoms with Crippen LogP contribution in [0, 0.1) is 16.2 Å². The molecular weight excluding hydrogens is 406 g/mol. The van der Waals surface area contributed by atoms with Gasteiger partial charge in [-0.15, -0.1) is 0 Å². The van der Waals surface area contributed by atoms with Crippen molar-refractivity contribution in [1.82, 2.24) is 14.5 Å². The van der Waals surface area contributed by atoms with Crippen molar-refractivity contribution in [3.05, 3.63) is 27.9 Å². The highest BCUT2D eigenvalue weighted by Gasteiger charge is 2.34. The quantitative estimate of drug-likeness (QED) is 0.593. The summed E-state index contributed by atoms with van der Waals surface area (Å²) in [4.78, 5) is 17.0. The van der Waals surface area contributed by atoms with E-state index in [0.29, 0.717) is 38.0 Å². The average molecular weight is 446 g/mol. The third kappa shape index (κ3) is 10.9. The summed E-state index contributed by atoms with van der Waals surface area (Å²) >= 11 is 5.75. The molecule has 1 fully saturated rings. The molecule has 2 heterocycles. The second-order valence-electron chi connectivity index (χ2n) is 11.0. The first-order valence-corrected chi connectivity index (χ1v) is 10.7. The van der Waals surface area contributed by atoms with Gasteiger partial charge in [-0.05, 0) is 24.9 Å². The lowest BCUT2D eigenvalue weighted by molar-refractivity contribution is -0.230. The Hall–Kier alpha value is -0.990. The van der Waals surface area contributed by atoms with Crippen LogP contribution in [0.4, 0.5) is 0 Å². The molecule has 0 radical (unpaired) electrons. The molecule has 7 nitrogen and oxygen atoms in total. The van der Waals surface area contributed by atoms with Crippen molar-refractivity contribution in [2.24, 2.45) is 16.2 Å². The van der Waals surface area contributed by atoms with E-state index in [2.05, 4.69) is 53.5 Å². The van der Waals surface area contributed by atoms with Crippen LogP contribution in [0.1, 0.15) is 48.5 Å². The number of hydrogen-bond donors (Lipinski definition) is 0. The van der Waals surface area contributed by atoms with Crippen LogP contribution in [0.25, 0.3) is 0 Å².